The first kappa shape index (κ1) is 29.5. The van der Waals surface area contributed by atoms with E-state index in [1.54, 1.807) is 12.1 Å². The van der Waals surface area contributed by atoms with Gasteiger partial charge in [-0.15, -0.1) is 0 Å². The van der Waals surface area contributed by atoms with Crippen molar-refractivity contribution in [2.75, 3.05) is 43.9 Å². The molecule has 2 saturated heterocycles. The minimum atomic E-state index is -3.17. The molecule has 3 aromatic carbocycles. The molecule has 1 aliphatic carbocycles. The fourth-order valence-electron chi connectivity index (χ4n) is 8.89. The summed E-state index contributed by atoms with van der Waals surface area (Å²) in [7, 11) is -3.17. The van der Waals surface area contributed by atoms with Gasteiger partial charge in [-0.3, -0.25) is 4.79 Å². The van der Waals surface area contributed by atoms with Gasteiger partial charge >= 0.3 is 0 Å². The first-order valence-corrected chi connectivity index (χ1v) is 18.4. The number of hydrogen-bond donors (Lipinski definition) is 0. The monoisotopic (exact) mass is 611 g/mol. The summed E-state index contributed by atoms with van der Waals surface area (Å²) in [6.07, 6.45) is 8.16. The minimum absolute atomic E-state index is 0.361. The van der Waals surface area contributed by atoms with Crippen molar-refractivity contribution in [3.8, 4) is 0 Å². The summed E-state index contributed by atoms with van der Waals surface area (Å²) < 4.78 is 23.6. The van der Waals surface area contributed by atoms with Gasteiger partial charge in [0.05, 0.1) is 10.3 Å². The Morgan fingerprint density at radius 1 is 0.795 bits per heavy atom. The number of rotatable bonds is 8. The van der Waals surface area contributed by atoms with Gasteiger partial charge in [-0.2, -0.15) is 0 Å². The normalized spacial score (nSPS) is 24.0. The van der Waals surface area contributed by atoms with Crippen molar-refractivity contribution < 1.29 is 13.2 Å². The summed E-state index contributed by atoms with van der Waals surface area (Å²) in [6.45, 7) is 6.57. The Hall–Kier alpha value is -3.16. The molecule has 0 radical (unpaired) electrons. The van der Waals surface area contributed by atoms with Crippen LogP contribution in [0.15, 0.2) is 83.8 Å². The summed E-state index contributed by atoms with van der Waals surface area (Å²) in [4.78, 5) is 22.5. The van der Waals surface area contributed by atoms with E-state index in [1.807, 2.05) is 18.2 Å². The van der Waals surface area contributed by atoms with E-state index in [0.29, 0.717) is 41.6 Å². The molecule has 3 aromatic rings. The third-order valence-corrected chi connectivity index (χ3v) is 12.1. The van der Waals surface area contributed by atoms with Gasteiger partial charge < -0.3 is 14.7 Å². The highest BCUT2D eigenvalue weighted by molar-refractivity contribution is 7.90. The number of nitrogens with zero attached hydrogens (tertiary/aromatic N) is 3. The lowest BCUT2D eigenvalue weighted by atomic mass is 9.56. The molecule has 1 atom stereocenters. The molecular formula is C37H45N3O3S. The standard InChI is InChI=1S/C37H45N3O3S/c1-44(42,43)34-17-15-33(16-18-34)39-25-29(26-39)23-38-21-19-32(20-22-38)37(31-12-6-7-13-31)35-14-8-5-11-30(35)27-40(36(37)41)24-28-9-3-2-4-10-28/h2-5,8-11,14-18,29,31-32H,6-7,12-13,19-27H2,1H3. The van der Waals surface area contributed by atoms with Crippen molar-refractivity contribution in [3.05, 3.63) is 95.6 Å². The average molecular weight is 612 g/mol. The van der Waals surface area contributed by atoms with Crippen LogP contribution in [-0.2, 0) is 33.1 Å². The predicted molar refractivity (Wildman–Crippen MR) is 175 cm³/mol. The van der Waals surface area contributed by atoms with Crippen molar-refractivity contribution in [3.63, 3.8) is 0 Å². The van der Waals surface area contributed by atoms with E-state index in [4.69, 9.17) is 0 Å². The van der Waals surface area contributed by atoms with Crippen LogP contribution in [0.3, 0.4) is 0 Å². The number of carbonyl (C=O) groups excluding carboxylic acids is 1. The van der Waals surface area contributed by atoms with Crippen LogP contribution in [0.25, 0.3) is 0 Å². The molecular weight excluding hydrogens is 566 g/mol. The average Bonchev–Trinajstić information content (AvgIpc) is 3.56. The van der Waals surface area contributed by atoms with Gasteiger partial charge in [0.15, 0.2) is 9.84 Å². The van der Waals surface area contributed by atoms with Gasteiger partial charge in [-0.1, -0.05) is 67.4 Å². The van der Waals surface area contributed by atoms with Crippen LogP contribution in [0.4, 0.5) is 5.69 Å². The molecule has 0 N–H and O–H groups in total. The number of piperidine rings is 1. The van der Waals surface area contributed by atoms with E-state index in [2.05, 4.69) is 63.2 Å². The number of likely N-dealkylation sites (tertiary alicyclic amines) is 1. The second-order valence-electron chi connectivity index (χ2n) is 13.8. The molecule has 6 nitrogen and oxygen atoms in total. The van der Waals surface area contributed by atoms with Gasteiger partial charge in [0.2, 0.25) is 5.91 Å². The van der Waals surface area contributed by atoms with Crippen LogP contribution < -0.4 is 4.90 Å². The van der Waals surface area contributed by atoms with Crippen molar-refractivity contribution >= 4 is 21.4 Å². The SMILES string of the molecule is CS(=O)(=O)c1ccc(N2CC(CN3CCC(C4(C5CCCC5)C(=O)N(Cc5ccccc5)Cc5ccccc54)CC3)C2)cc1. The second kappa shape index (κ2) is 12.0. The Balaban J connectivity index is 1.06. The Morgan fingerprint density at radius 3 is 2.11 bits per heavy atom. The van der Waals surface area contributed by atoms with Crippen LogP contribution in [0.2, 0.25) is 0 Å². The zero-order valence-electron chi connectivity index (χ0n) is 25.9. The topological polar surface area (TPSA) is 60.9 Å². The fraction of sp³-hybridized carbons (Fsp3) is 0.486. The lowest BCUT2D eigenvalue weighted by Crippen LogP contribution is -2.60. The summed E-state index contributed by atoms with van der Waals surface area (Å²) in [5.74, 6) is 1.77. The summed E-state index contributed by atoms with van der Waals surface area (Å²) in [6, 6.07) is 26.7. The number of anilines is 1. The van der Waals surface area contributed by atoms with Crippen LogP contribution in [0, 0.1) is 17.8 Å². The van der Waals surface area contributed by atoms with E-state index in [1.165, 1.54) is 35.8 Å². The van der Waals surface area contributed by atoms with Crippen LogP contribution in [0.5, 0.6) is 0 Å². The number of carbonyl (C=O) groups is 1. The molecule has 7 rings (SSSR count). The van der Waals surface area contributed by atoms with Gasteiger partial charge in [0.25, 0.3) is 0 Å². The van der Waals surface area contributed by atoms with E-state index in [0.717, 1.165) is 64.1 Å². The maximum atomic E-state index is 14.9. The van der Waals surface area contributed by atoms with E-state index in [-0.39, 0.29) is 0 Å². The lowest BCUT2D eigenvalue weighted by molar-refractivity contribution is -0.147. The molecule has 3 aliphatic heterocycles. The Bertz CT molecular complexity index is 1570. The summed E-state index contributed by atoms with van der Waals surface area (Å²) in [5, 5.41) is 0. The molecule has 1 amide bonds. The number of fused-ring (bicyclic) bond motifs is 1. The van der Waals surface area contributed by atoms with Gasteiger partial charge in [-0.05, 0) is 91.6 Å². The number of amides is 1. The predicted octanol–water partition coefficient (Wildman–Crippen LogP) is 5.91. The maximum Gasteiger partial charge on any atom is 0.234 e. The van der Waals surface area contributed by atoms with Crippen LogP contribution in [0.1, 0.15) is 55.2 Å². The second-order valence-corrected chi connectivity index (χ2v) is 15.8. The zero-order chi connectivity index (χ0) is 30.3. The van der Waals surface area contributed by atoms with Crippen molar-refractivity contribution in [2.24, 2.45) is 17.8 Å². The molecule has 232 valence electrons. The first-order valence-electron chi connectivity index (χ1n) is 16.5. The van der Waals surface area contributed by atoms with Gasteiger partial charge in [-0.25, -0.2) is 8.42 Å². The third-order valence-electron chi connectivity index (χ3n) is 11.0. The van der Waals surface area contributed by atoms with Crippen LogP contribution >= 0.6 is 0 Å². The highest BCUT2D eigenvalue weighted by Crippen LogP contribution is 2.54. The van der Waals surface area contributed by atoms with Crippen molar-refractivity contribution in [1.82, 2.24) is 9.80 Å². The molecule has 3 heterocycles. The number of benzene rings is 3. The molecule has 7 heteroatoms. The lowest BCUT2D eigenvalue weighted by Gasteiger charge is -2.53. The molecule has 0 bridgehead atoms. The van der Waals surface area contributed by atoms with Crippen molar-refractivity contribution in [2.45, 2.75) is 61.9 Å². The maximum absolute atomic E-state index is 14.9. The molecule has 0 aromatic heterocycles. The van der Waals surface area contributed by atoms with E-state index < -0.39 is 15.3 Å². The Kier molecular flexibility index (Phi) is 8.04. The third kappa shape index (κ3) is 5.47. The number of sulfone groups is 1. The minimum Gasteiger partial charge on any atom is -0.371 e. The van der Waals surface area contributed by atoms with Crippen LogP contribution in [-0.4, -0.2) is 63.1 Å². The summed E-state index contributed by atoms with van der Waals surface area (Å²) in [5.41, 5.74) is 4.56. The fourth-order valence-corrected chi connectivity index (χ4v) is 9.52. The van der Waals surface area contributed by atoms with Gasteiger partial charge in [0, 0.05) is 50.6 Å². The summed E-state index contributed by atoms with van der Waals surface area (Å²) >= 11 is 0. The quantitative estimate of drug-likeness (QED) is 0.317. The highest BCUT2D eigenvalue weighted by Gasteiger charge is 2.57. The van der Waals surface area contributed by atoms with E-state index in [9.17, 15) is 13.2 Å². The molecule has 1 unspecified atom stereocenters. The molecule has 1 saturated carbocycles. The Labute approximate surface area is 263 Å². The molecule has 3 fully saturated rings. The van der Waals surface area contributed by atoms with Gasteiger partial charge in [0.1, 0.15) is 0 Å². The number of hydrogen-bond acceptors (Lipinski definition) is 5. The first-order chi connectivity index (χ1) is 21.3. The van der Waals surface area contributed by atoms with E-state index >= 15 is 0 Å². The zero-order valence-corrected chi connectivity index (χ0v) is 26.7. The molecule has 4 aliphatic rings. The largest absolute Gasteiger partial charge is 0.371 e. The highest BCUT2D eigenvalue weighted by atomic mass is 32.2. The smallest absolute Gasteiger partial charge is 0.234 e. The molecule has 0 spiro atoms. The molecule has 44 heavy (non-hydrogen) atoms. The Morgan fingerprint density at radius 2 is 1.43 bits per heavy atom. The van der Waals surface area contributed by atoms with Crippen molar-refractivity contribution in [1.29, 1.82) is 0 Å².